The van der Waals surface area contributed by atoms with Crippen LogP contribution in [-0.2, 0) is 19.3 Å². The molecule has 0 atom stereocenters. The van der Waals surface area contributed by atoms with Crippen molar-refractivity contribution in [2.24, 2.45) is 0 Å². The smallest absolute Gasteiger partial charge is 0.122 e. The van der Waals surface area contributed by atoms with Gasteiger partial charge < -0.3 is 4.42 Å². The van der Waals surface area contributed by atoms with Gasteiger partial charge in [-0.2, -0.15) is 15.8 Å². The normalized spacial score (nSPS) is 8.64. The van der Waals surface area contributed by atoms with Crippen LogP contribution < -0.4 is 0 Å². The van der Waals surface area contributed by atoms with E-state index in [1.165, 1.54) is 0 Å². The van der Waals surface area contributed by atoms with E-state index in [-0.39, 0.29) is 19.3 Å². The third-order valence-corrected chi connectivity index (χ3v) is 1.71. The van der Waals surface area contributed by atoms with Crippen LogP contribution in [0.25, 0.3) is 0 Å². The summed E-state index contributed by atoms with van der Waals surface area (Å²) in [7, 11) is 0. The van der Waals surface area contributed by atoms with Crippen molar-refractivity contribution in [3.63, 3.8) is 0 Å². The number of hydrogen-bond donors (Lipinski definition) is 0. The Morgan fingerprint density at radius 3 is 2.21 bits per heavy atom. The maximum absolute atomic E-state index is 8.51. The highest BCUT2D eigenvalue weighted by Crippen LogP contribution is 2.16. The largest absolute Gasteiger partial charge is 0.464 e. The molecule has 0 radical (unpaired) electrons. The summed E-state index contributed by atoms with van der Waals surface area (Å²) in [4.78, 5) is 0. The van der Waals surface area contributed by atoms with Crippen LogP contribution in [0.15, 0.2) is 10.5 Å². The average Bonchev–Trinajstić information content (AvgIpc) is 2.50. The number of nitrogens with zero attached hydrogens (tertiary/aromatic N) is 3. The highest BCUT2D eigenvalue weighted by atomic mass is 16.3. The van der Waals surface area contributed by atoms with E-state index >= 15 is 0 Å². The summed E-state index contributed by atoms with van der Waals surface area (Å²) in [6.07, 6.45) is 0.526. The number of furan rings is 1. The Kier molecular flexibility index (Phi) is 3.30. The van der Waals surface area contributed by atoms with Gasteiger partial charge in [-0.25, -0.2) is 0 Å². The minimum absolute atomic E-state index is 0.141. The van der Waals surface area contributed by atoms with Crippen LogP contribution in [0, 0.1) is 34.0 Å². The lowest BCUT2D eigenvalue weighted by atomic mass is 10.1. The quantitative estimate of drug-likeness (QED) is 0.713. The van der Waals surface area contributed by atoms with Crippen molar-refractivity contribution in [3.05, 3.63) is 23.2 Å². The molecule has 0 aliphatic carbocycles. The lowest BCUT2D eigenvalue weighted by molar-refractivity contribution is 0.485. The Balaban J connectivity index is 2.96. The second-order valence-electron chi connectivity index (χ2n) is 2.67. The zero-order valence-electron chi connectivity index (χ0n) is 7.45. The summed E-state index contributed by atoms with van der Waals surface area (Å²) < 4.78 is 5.25. The second-order valence-corrected chi connectivity index (χ2v) is 2.67. The first-order valence-electron chi connectivity index (χ1n) is 4.03. The van der Waals surface area contributed by atoms with E-state index in [1.807, 2.05) is 18.2 Å². The summed E-state index contributed by atoms with van der Waals surface area (Å²) in [5.74, 6) is 1.02. The molecule has 1 rings (SSSR count). The maximum Gasteiger partial charge on any atom is 0.122 e. The molecule has 4 heteroatoms. The van der Waals surface area contributed by atoms with Gasteiger partial charge in [0.25, 0.3) is 0 Å². The molecule has 0 saturated carbocycles. The molecule has 0 unspecified atom stereocenters. The van der Waals surface area contributed by atoms with Crippen LogP contribution >= 0.6 is 0 Å². The molecule has 0 amide bonds. The molecule has 14 heavy (non-hydrogen) atoms. The Morgan fingerprint density at radius 2 is 1.64 bits per heavy atom. The second kappa shape index (κ2) is 4.70. The van der Waals surface area contributed by atoms with Crippen LogP contribution in [0.1, 0.15) is 17.1 Å². The molecule has 0 aliphatic rings. The highest BCUT2D eigenvalue weighted by Gasteiger charge is 2.09. The molecule has 0 spiro atoms. The molecule has 0 bridgehead atoms. The average molecular weight is 185 g/mol. The fourth-order valence-corrected chi connectivity index (χ4v) is 1.15. The number of hydrogen-bond acceptors (Lipinski definition) is 4. The fourth-order valence-electron chi connectivity index (χ4n) is 1.15. The molecule has 4 nitrogen and oxygen atoms in total. The van der Waals surface area contributed by atoms with Gasteiger partial charge in [0, 0.05) is 5.56 Å². The monoisotopic (exact) mass is 185 g/mol. The van der Waals surface area contributed by atoms with Gasteiger partial charge in [0.05, 0.1) is 37.5 Å². The topological polar surface area (TPSA) is 84.5 Å². The Bertz CT molecular complexity index is 406. The van der Waals surface area contributed by atoms with Crippen LogP contribution in [0.5, 0.6) is 0 Å². The molecular weight excluding hydrogens is 178 g/mol. The molecule has 0 fully saturated rings. The van der Waals surface area contributed by atoms with Gasteiger partial charge >= 0.3 is 0 Å². The summed E-state index contributed by atoms with van der Waals surface area (Å²) in [6.45, 7) is 0. The number of rotatable bonds is 3. The van der Waals surface area contributed by atoms with Crippen molar-refractivity contribution < 1.29 is 4.42 Å². The minimum Gasteiger partial charge on any atom is -0.464 e. The SMILES string of the molecule is N#CCc1cc(CC#N)c(CC#N)o1. The molecule has 1 aromatic rings. The summed E-state index contributed by atoms with van der Waals surface area (Å²) >= 11 is 0. The van der Waals surface area contributed by atoms with Crippen LogP contribution in [0.2, 0.25) is 0 Å². The van der Waals surface area contributed by atoms with Gasteiger partial charge in [0.15, 0.2) is 0 Å². The van der Waals surface area contributed by atoms with E-state index in [9.17, 15) is 0 Å². The van der Waals surface area contributed by atoms with Gasteiger partial charge in [-0.15, -0.1) is 0 Å². The molecule has 1 aromatic heterocycles. The standard InChI is InChI=1S/C10H7N3O/c11-4-1-8-7-9(2-5-12)14-10(8)3-6-13/h7H,1-3H2. The lowest BCUT2D eigenvalue weighted by Gasteiger charge is -1.89. The van der Waals surface area contributed by atoms with Crippen LogP contribution in [-0.4, -0.2) is 0 Å². The molecule has 0 aliphatic heterocycles. The molecular formula is C10H7N3O. The van der Waals surface area contributed by atoms with Gasteiger partial charge in [-0.05, 0) is 6.07 Å². The third-order valence-electron chi connectivity index (χ3n) is 1.71. The van der Waals surface area contributed by atoms with Crippen molar-refractivity contribution in [3.8, 4) is 18.2 Å². The third kappa shape index (κ3) is 2.12. The first-order valence-corrected chi connectivity index (χ1v) is 4.03. The van der Waals surface area contributed by atoms with Crippen molar-refractivity contribution in [1.29, 1.82) is 15.8 Å². The fraction of sp³-hybridized carbons (Fsp3) is 0.300. The number of nitriles is 3. The van der Waals surface area contributed by atoms with Crippen molar-refractivity contribution >= 4 is 0 Å². The first kappa shape index (κ1) is 9.84. The van der Waals surface area contributed by atoms with E-state index in [2.05, 4.69) is 0 Å². The Labute approximate surface area is 81.6 Å². The van der Waals surface area contributed by atoms with Crippen LogP contribution in [0.3, 0.4) is 0 Å². The minimum atomic E-state index is 0.141. The van der Waals surface area contributed by atoms with Crippen molar-refractivity contribution in [1.82, 2.24) is 0 Å². The molecule has 68 valence electrons. The maximum atomic E-state index is 8.51. The van der Waals surface area contributed by atoms with Gasteiger partial charge in [0.1, 0.15) is 11.5 Å². The Morgan fingerprint density at radius 1 is 1.00 bits per heavy atom. The van der Waals surface area contributed by atoms with E-state index in [4.69, 9.17) is 20.2 Å². The zero-order valence-corrected chi connectivity index (χ0v) is 7.45. The predicted octanol–water partition coefficient (Wildman–Crippen LogP) is 1.48. The summed E-state index contributed by atoms with van der Waals surface area (Å²) in [6, 6.07) is 7.55. The lowest BCUT2D eigenvalue weighted by Crippen LogP contribution is -1.85. The van der Waals surface area contributed by atoms with E-state index in [0.29, 0.717) is 17.1 Å². The van der Waals surface area contributed by atoms with Crippen molar-refractivity contribution in [2.75, 3.05) is 0 Å². The summed E-state index contributed by atoms with van der Waals surface area (Å²) in [5, 5.41) is 25.4. The van der Waals surface area contributed by atoms with E-state index < -0.39 is 0 Å². The van der Waals surface area contributed by atoms with Crippen LogP contribution in [0.4, 0.5) is 0 Å². The zero-order chi connectivity index (χ0) is 10.4. The van der Waals surface area contributed by atoms with E-state index in [0.717, 1.165) is 0 Å². The molecule has 0 saturated heterocycles. The van der Waals surface area contributed by atoms with E-state index in [1.54, 1.807) is 6.07 Å². The van der Waals surface area contributed by atoms with Gasteiger partial charge in [0.2, 0.25) is 0 Å². The van der Waals surface area contributed by atoms with Gasteiger partial charge in [-0.1, -0.05) is 0 Å². The van der Waals surface area contributed by atoms with Gasteiger partial charge in [-0.3, -0.25) is 0 Å². The molecule has 0 aromatic carbocycles. The Hall–Kier alpha value is -2.25. The summed E-state index contributed by atoms with van der Waals surface area (Å²) in [5.41, 5.74) is 0.708. The van der Waals surface area contributed by atoms with Crippen molar-refractivity contribution in [2.45, 2.75) is 19.3 Å². The highest BCUT2D eigenvalue weighted by molar-refractivity contribution is 5.27. The predicted molar refractivity (Wildman–Crippen MR) is 46.7 cm³/mol. The molecule has 1 heterocycles. The first-order chi connectivity index (χ1) is 6.81. The molecule has 0 N–H and O–H groups in total.